The molecule has 1 atom stereocenters. The van der Waals surface area contributed by atoms with Crippen LogP contribution in [0.1, 0.15) is 18.4 Å². The molecule has 0 saturated carbocycles. The van der Waals surface area contributed by atoms with Crippen LogP contribution in [0.3, 0.4) is 0 Å². The third-order valence-corrected chi connectivity index (χ3v) is 7.45. The second kappa shape index (κ2) is 8.68. The third-order valence-electron chi connectivity index (χ3n) is 5.59. The van der Waals surface area contributed by atoms with Crippen LogP contribution in [0.15, 0.2) is 53.4 Å². The van der Waals surface area contributed by atoms with E-state index >= 15 is 0 Å². The molecule has 164 valence electrons. The standard InChI is InChI=1S/C22H25N3O5S/c1-24(13-16-6-3-2-4-7-16)22(27)17-8-5-11-25(14-17)31(28,29)18-9-10-20-19(12-18)23-21(26)15-30-20/h2-4,6-7,9-10,12,17H,5,8,11,13-15H2,1H3,(H,23,26)/t17-/m0/s1. The minimum atomic E-state index is -3.81. The van der Waals surface area contributed by atoms with Crippen molar-refractivity contribution >= 4 is 27.5 Å². The molecule has 0 bridgehead atoms. The van der Waals surface area contributed by atoms with Gasteiger partial charge in [0.25, 0.3) is 5.91 Å². The minimum Gasteiger partial charge on any atom is -0.482 e. The molecule has 4 rings (SSSR count). The largest absolute Gasteiger partial charge is 0.482 e. The Labute approximate surface area is 181 Å². The first kappa shape index (κ1) is 21.3. The van der Waals surface area contributed by atoms with Crippen LogP contribution in [0.25, 0.3) is 0 Å². The number of fused-ring (bicyclic) bond motifs is 1. The van der Waals surface area contributed by atoms with Crippen LogP contribution in [-0.2, 0) is 26.2 Å². The molecule has 2 aromatic carbocycles. The van der Waals surface area contributed by atoms with E-state index in [1.807, 2.05) is 30.3 Å². The quantitative estimate of drug-likeness (QED) is 0.763. The van der Waals surface area contributed by atoms with E-state index in [4.69, 9.17) is 4.74 Å². The number of nitrogens with zero attached hydrogens (tertiary/aromatic N) is 2. The molecule has 2 amide bonds. The van der Waals surface area contributed by atoms with E-state index in [2.05, 4.69) is 5.32 Å². The average molecular weight is 444 g/mol. The Kier molecular flexibility index (Phi) is 5.97. The highest BCUT2D eigenvalue weighted by molar-refractivity contribution is 7.89. The molecule has 31 heavy (non-hydrogen) atoms. The number of hydrogen-bond donors (Lipinski definition) is 1. The SMILES string of the molecule is CN(Cc1ccccc1)C(=O)[C@H]1CCCN(S(=O)(=O)c2ccc3c(c2)NC(=O)CO3)C1. The minimum absolute atomic E-state index is 0.0603. The topological polar surface area (TPSA) is 96.0 Å². The lowest BCUT2D eigenvalue weighted by Gasteiger charge is -2.33. The number of carbonyl (C=O) groups is 2. The van der Waals surface area contributed by atoms with Crippen LogP contribution in [0.2, 0.25) is 0 Å². The fraction of sp³-hybridized carbons (Fsp3) is 0.364. The van der Waals surface area contributed by atoms with Crippen molar-refractivity contribution < 1.29 is 22.7 Å². The van der Waals surface area contributed by atoms with Gasteiger partial charge in [-0.1, -0.05) is 30.3 Å². The molecule has 2 aromatic rings. The van der Waals surface area contributed by atoms with Crippen LogP contribution in [0.5, 0.6) is 5.75 Å². The number of benzene rings is 2. The van der Waals surface area contributed by atoms with Gasteiger partial charge in [-0.15, -0.1) is 0 Å². The van der Waals surface area contributed by atoms with Crippen molar-refractivity contribution in [1.29, 1.82) is 0 Å². The zero-order valence-corrected chi connectivity index (χ0v) is 18.1. The Balaban J connectivity index is 1.48. The van der Waals surface area contributed by atoms with Crippen molar-refractivity contribution in [2.75, 3.05) is 32.1 Å². The number of nitrogens with one attached hydrogen (secondary N) is 1. The van der Waals surface area contributed by atoms with Gasteiger partial charge in [-0.2, -0.15) is 4.31 Å². The van der Waals surface area contributed by atoms with Crippen molar-refractivity contribution in [3.8, 4) is 5.75 Å². The van der Waals surface area contributed by atoms with Crippen LogP contribution in [-0.4, -0.2) is 56.2 Å². The van der Waals surface area contributed by atoms with Gasteiger partial charge in [-0.25, -0.2) is 8.42 Å². The van der Waals surface area contributed by atoms with Gasteiger partial charge < -0.3 is 15.0 Å². The summed E-state index contributed by atoms with van der Waals surface area (Å²) in [5.74, 6) is -0.340. The lowest BCUT2D eigenvalue weighted by Crippen LogP contribution is -2.45. The normalized spacial score (nSPS) is 19.1. The first-order chi connectivity index (χ1) is 14.8. The number of sulfonamides is 1. The number of amides is 2. The number of piperidine rings is 1. The second-order valence-corrected chi connectivity index (χ2v) is 9.81. The maximum Gasteiger partial charge on any atom is 0.262 e. The highest BCUT2D eigenvalue weighted by Gasteiger charge is 2.35. The van der Waals surface area contributed by atoms with E-state index in [1.54, 1.807) is 18.0 Å². The Morgan fingerprint density at radius 1 is 1.23 bits per heavy atom. The smallest absolute Gasteiger partial charge is 0.262 e. The molecule has 8 nitrogen and oxygen atoms in total. The van der Waals surface area contributed by atoms with Crippen LogP contribution in [0, 0.1) is 5.92 Å². The number of rotatable bonds is 5. The summed E-state index contributed by atoms with van der Waals surface area (Å²) >= 11 is 0. The van der Waals surface area contributed by atoms with Crippen molar-refractivity contribution in [3.05, 3.63) is 54.1 Å². The van der Waals surface area contributed by atoms with Crippen LogP contribution >= 0.6 is 0 Å². The summed E-state index contributed by atoms with van der Waals surface area (Å²) < 4.78 is 33.1. The zero-order chi connectivity index (χ0) is 22.0. The van der Waals surface area contributed by atoms with Gasteiger partial charge in [0.15, 0.2) is 6.61 Å². The fourth-order valence-electron chi connectivity index (χ4n) is 3.98. The predicted octanol–water partition coefficient (Wildman–Crippen LogP) is 2.08. The molecule has 0 unspecified atom stereocenters. The van der Waals surface area contributed by atoms with Crippen molar-refractivity contribution in [1.82, 2.24) is 9.21 Å². The Bertz CT molecular complexity index is 1090. The Morgan fingerprint density at radius 2 is 2.00 bits per heavy atom. The summed E-state index contributed by atoms with van der Waals surface area (Å²) in [6, 6.07) is 14.1. The molecular weight excluding hydrogens is 418 g/mol. The lowest BCUT2D eigenvalue weighted by atomic mass is 9.98. The molecule has 0 aromatic heterocycles. The first-order valence-corrected chi connectivity index (χ1v) is 11.6. The van der Waals surface area contributed by atoms with E-state index < -0.39 is 15.9 Å². The molecule has 1 saturated heterocycles. The molecule has 0 aliphatic carbocycles. The molecular formula is C22H25N3O5S. The van der Waals surface area contributed by atoms with E-state index in [0.717, 1.165) is 5.56 Å². The fourth-order valence-corrected chi connectivity index (χ4v) is 5.53. The van der Waals surface area contributed by atoms with Gasteiger partial charge in [-0.05, 0) is 36.6 Å². The summed E-state index contributed by atoms with van der Waals surface area (Å²) in [5.41, 5.74) is 1.36. The Morgan fingerprint density at radius 3 is 2.77 bits per heavy atom. The van der Waals surface area contributed by atoms with E-state index in [-0.39, 0.29) is 29.9 Å². The molecule has 9 heteroatoms. The molecule has 1 N–H and O–H groups in total. The summed E-state index contributed by atoms with van der Waals surface area (Å²) in [6.45, 7) is 0.883. The number of hydrogen-bond acceptors (Lipinski definition) is 5. The highest BCUT2D eigenvalue weighted by Crippen LogP contribution is 2.32. The average Bonchev–Trinajstić information content (AvgIpc) is 2.78. The lowest BCUT2D eigenvalue weighted by molar-refractivity contribution is -0.135. The first-order valence-electron chi connectivity index (χ1n) is 10.2. The monoisotopic (exact) mass is 443 g/mol. The Hall–Kier alpha value is -2.91. The van der Waals surface area contributed by atoms with E-state index in [1.165, 1.54) is 16.4 Å². The third kappa shape index (κ3) is 4.57. The van der Waals surface area contributed by atoms with Gasteiger partial charge in [0.05, 0.1) is 16.5 Å². The van der Waals surface area contributed by atoms with Gasteiger partial charge >= 0.3 is 0 Å². The molecule has 2 aliphatic rings. The van der Waals surface area contributed by atoms with E-state index in [9.17, 15) is 18.0 Å². The highest BCUT2D eigenvalue weighted by atomic mass is 32.2. The molecule has 0 radical (unpaired) electrons. The number of anilines is 1. The molecule has 2 heterocycles. The van der Waals surface area contributed by atoms with Crippen LogP contribution < -0.4 is 10.1 Å². The molecule has 0 spiro atoms. The molecule has 2 aliphatic heterocycles. The number of carbonyl (C=O) groups excluding carboxylic acids is 2. The summed E-state index contributed by atoms with van der Waals surface area (Å²) in [4.78, 5) is 26.3. The second-order valence-electron chi connectivity index (χ2n) is 7.88. The summed E-state index contributed by atoms with van der Waals surface area (Å²) in [5, 5.41) is 2.63. The maximum atomic E-state index is 13.2. The predicted molar refractivity (Wildman–Crippen MR) is 115 cm³/mol. The number of ether oxygens (including phenoxy) is 1. The summed E-state index contributed by atoms with van der Waals surface area (Å²) in [7, 11) is -2.06. The maximum absolute atomic E-state index is 13.2. The van der Waals surface area contributed by atoms with Crippen molar-refractivity contribution in [2.45, 2.75) is 24.3 Å². The summed E-state index contributed by atoms with van der Waals surface area (Å²) in [6.07, 6.45) is 1.26. The zero-order valence-electron chi connectivity index (χ0n) is 17.3. The van der Waals surface area contributed by atoms with Gasteiger partial charge in [0.1, 0.15) is 5.75 Å². The van der Waals surface area contributed by atoms with Gasteiger partial charge in [0, 0.05) is 26.7 Å². The van der Waals surface area contributed by atoms with Crippen molar-refractivity contribution in [3.63, 3.8) is 0 Å². The van der Waals surface area contributed by atoms with Gasteiger partial charge in [-0.3, -0.25) is 9.59 Å². The van der Waals surface area contributed by atoms with Gasteiger partial charge in [0.2, 0.25) is 15.9 Å². The van der Waals surface area contributed by atoms with Crippen LogP contribution in [0.4, 0.5) is 5.69 Å². The molecule has 1 fully saturated rings. The van der Waals surface area contributed by atoms with Crippen molar-refractivity contribution in [2.24, 2.45) is 5.92 Å². The van der Waals surface area contributed by atoms with E-state index in [0.29, 0.717) is 37.4 Å².